The van der Waals surface area contributed by atoms with E-state index >= 15 is 0 Å². The lowest BCUT2D eigenvalue weighted by molar-refractivity contribution is 0.0697. The van der Waals surface area contributed by atoms with E-state index in [-0.39, 0.29) is 5.56 Å². The number of carbonyl (C=O) groups is 1. The second-order valence-corrected chi connectivity index (χ2v) is 6.70. The normalized spacial score (nSPS) is 10.4. The summed E-state index contributed by atoms with van der Waals surface area (Å²) in [6, 6.07) is 20.3. The molecule has 0 aromatic heterocycles. The highest BCUT2D eigenvalue weighted by atomic mass is 35.5. The van der Waals surface area contributed by atoms with Crippen LogP contribution < -0.4 is 10.1 Å². The van der Waals surface area contributed by atoms with Crippen LogP contribution in [-0.2, 0) is 13.2 Å². The zero-order valence-corrected chi connectivity index (χ0v) is 15.7. The molecule has 2 N–H and O–H groups in total. The van der Waals surface area contributed by atoms with E-state index in [9.17, 15) is 4.79 Å². The van der Waals surface area contributed by atoms with Crippen LogP contribution in [0.3, 0.4) is 0 Å². The van der Waals surface area contributed by atoms with Crippen LogP contribution >= 0.6 is 11.6 Å². The van der Waals surface area contributed by atoms with Gasteiger partial charge in [0, 0.05) is 22.8 Å². The Morgan fingerprint density at radius 3 is 2.56 bits per heavy atom. The first-order chi connectivity index (χ1) is 13.0. The quantitative estimate of drug-likeness (QED) is 0.564. The van der Waals surface area contributed by atoms with Crippen LogP contribution in [0, 0.1) is 6.92 Å². The Balaban J connectivity index is 1.69. The Kier molecular flexibility index (Phi) is 5.99. The number of anilines is 1. The number of ether oxygens (including phenoxy) is 1. The molecule has 0 aliphatic carbocycles. The summed E-state index contributed by atoms with van der Waals surface area (Å²) in [5, 5.41) is 12.9. The van der Waals surface area contributed by atoms with E-state index in [0.29, 0.717) is 18.2 Å². The predicted molar refractivity (Wildman–Crippen MR) is 108 cm³/mol. The highest BCUT2D eigenvalue weighted by Crippen LogP contribution is 2.25. The molecule has 0 aliphatic rings. The van der Waals surface area contributed by atoms with Crippen LogP contribution in [0.25, 0.3) is 0 Å². The minimum absolute atomic E-state index is 0.255. The Morgan fingerprint density at radius 1 is 1.07 bits per heavy atom. The summed E-state index contributed by atoms with van der Waals surface area (Å²) >= 11 is 6.14. The van der Waals surface area contributed by atoms with Crippen molar-refractivity contribution in [3.05, 3.63) is 94.0 Å². The third-order valence-electron chi connectivity index (χ3n) is 4.11. The second-order valence-electron chi connectivity index (χ2n) is 6.27. The van der Waals surface area contributed by atoms with Crippen LogP contribution in [0.1, 0.15) is 27.0 Å². The van der Waals surface area contributed by atoms with Crippen LogP contribution in [0.4, 0.5) is 5.69 Å². The molecule has 0 saturated heterocycles. The van der Waals surface area contributed by atoms with Gasteiger partial charge < -0.3 is 15.2 Å². The van der Waals surface area contributed by atoms with Gasteiger partial charge in [-0.3, -0.25) is 0 Å². The molecule has 0 heterocycles. The fraction of sp³-hybridized carbons (Fsp3) is 0.136. The molecule has 0 fully saturated rings. The van der Waals surface area contributed by atoms with Gasteiger partial charge >= 0.3 is 5.97 Å². The largest absolute Gasteiger partial charge is 0.489 e. The fourth-order valence-corrected chi connectivity index (χ4v) is 2.91. The van der Waals surface area contributed by atoms with Gasteiger partial charge in [0.1, 0.15) is 12.4 Å². The van der Waals surface area contributed by atoms with Gasteiger partial charge in [0.15, 0.2) is 0 Å². The number of benzene rings is 3. The predicted octanol–water partition coefficient (Wildman–Crippen LogP) is 5.54. The molecule has 0 radical (unpaired) electrons. The van der Waals surface area contributed by atoms with E-state index in [4.69, 9.17) is 21.4 Å². The number of halogens is 1. The van der Waals surface area contributed by atoms with Gasteiger partial charge in [-0.25, -0.2) is 4.79 Å². The number of aryl methyl sites for hydroxylation is 1. The third kappa shape index (κ3) is 5.25. The lowest BCUT2D eigenvalue weighted by Gasteiger charge is -2.14. The minimum atomic E-state index is -0.941. The van der Waals surface area contributed by atoms with E-state index in [1.165, 1.54) is 5.56 Å². The fourth-order valence-electron chi connectivity index (χ4n) is 2.72. The van der Waals surface area contributed by atoms with Crippen LogP contribution in [0.15, 0.2) is 66.7 Å². The second kappa shape index (κ2) is 8.60. The Morgan fingerprint density at radius 2 is 1.85 bits per heavy atom. The van der Waals surface area contributed by atoms with Crippen LogP contribution in [0.2, 0.25) is 5.02 Å². The lowest BCUT2D eigenvalue weighted by atomic mass is 10.1. The maximum atomic E-state index is 10.9. The molecule has 3 aromatic carbocycles. The zero-order valence-electron chi connectivity index (χ0n) is 14.9. The molecule has 0 amide bonds. The monoisotopic (exact) mass is 381 g/mol. The van der Waals surface area contributed by atoms with Gasteiger partial charge in [0.25, 0.3) is 0 Å². The SMILES string of the molecule is Cc1cccc(COc2ccc(Cl)cc2CNc2ccc(C(=O)O)cc2)c1. The minimum Gasteiger partial charge on any atom is -0.489 e. The number of hydrogen-bond donors (Lipinski definition) is 2. The first kappa shape index (κ1) is 18.8. The van der Waals surface area contributed by atoms with Crippen molar-refractivity contribution in [2.45, 2.75) is 20.1 Å². The van der Waals surface area contributed by atoms with Crippen molar-refractivity contribution in [1.82, 2.24) is 0 Å². The van der Waals surface area contributed by atoms with Gasteiger partial charge in [-0.15, -0.1) is 0 Å². The Hall–Kier alpha value is -2.98. The Labute approximate surface area is 163 Å². The molecular formula is C22H20ClNO3. The van der Waals surface area contributed by atoms with Crippen LogP contribution in [-0.4, -0.2) is 11.1 Å². The van der Waals surface area contributed by atoms with Crippen LogP contribution in [0.5, 0.6) is 5.75 Å². The highest BCUT2D eigenvalue weighted by Gasteiger charge is 2.07. The highest BCUT2D eigenvalue weighted by molar-refractivity contribution is 6.30. The summed E-state index contributed by atoms with van der Waals surface area (Å²) in [7, 11) is 0. The molecule has 0 spiro atoms. The van der Waals surface area contributed by atoms with Crippen molar-refractivity contribution in [3.8, 4) is 5.75 Å². The molecule has 5 heteroatoms. The summed E-state index contributed by atoms with van der Waals surface area (Å²) in [5.74, 6) is -0.182. The van der Waals surface area contributed by atoms with E-state index in [1.807, 2.05) is 24.3 Å². The smallest absolute Gasteiger partial charge is 0.335 e. The molecule has 0 atom stereocenters. The van der Waals surface area contributed by atoms with Crippen molar-refractivity contribution < 1.29 is 14.6 Å². The van der Waals surface area contributed by atoms with Crippen molar-refractivity contribution in [2.24, 2.45) is 0 Å². The van der Waals surface area contributed by atoms with E-state index in [0.717, 1.165) is 22.6 Å². The molecule has 0 saturated carbocycles. The van der Waals surface area contributed by atoms with E-state index in [2.05, 4.69) is 24.4 Å². The van der Waals surface area contributed by atoms with Crippen molar-refractivity contribution in [2.75, 3.05) is 5.32 Å². The number of carboxylic acid groups (broad SMARTS) is 1. The summed E-state index contributed by atoms with van der Waals surface area (Å²) in [6.07, 6.45) is 0. The van der Waals surface area contributed by atoms with E-state index < -0.39 is 5.97 Å². The first-order valence-electron chi connectivity index (χ1n) is 8.55. The molecule has 138 valence electrons. The molecular weight excluding hydrogens is 362 g/mol. The molecule has 27 heavy (non-hydrogen) atoms. The number of hydrogen-bond acceptors (Lipinski definition) is 3. The summed E-state index contributed by atoms with van der Waals surface area (Å²) in [6.45, 7) is 3.04. The van der Waals surface area contributed by atoms with Gasteiger partial charge in [-0.1, -0.05) is 41.4 Å². The van der Waals surface area contributed by atoms with E-state index in [1.54, 1.807) is 30.3 Å². The van der Waals surface area contributed by atoms with Gasteiger partial charge in [0.2, 0.25) is 0 Å². The molecule has 3 rings (SSSR count). The summed E-state index contributed by atoms with van der Waals surface area (Å²) < 4.78 is 6.00. The summed E-state index contributed by atoms with van der Waals surface area (Å²) in [5.41, 5.74) is 4.31. The molecule has 3 aromatic rings. The standard InChI is InChI=1S/C22H20ClNO3/c1-15-3-2-4-16(11-15)14-27-21-10-7-19(23)12-18(21)13-24-20-8-5-17(6-9-20)22(25)26/h2-12,24H,13-14H2,1H3,(H,25,26). The maximum Gasteiger partial charge on any atom is 0.335 e. The number of nitrogens with one attached hydrogen (secondary N) is 1. The number of carboxylic acids is 1. The Bertz CT molecular complexity index is 939. The lowest BCUT2D eigenvalue weighted by Crippen LogP contribution is -2.04. The maximum absolute atomic E-state index is 10.9. The summed E-state index contributed by atoms with van der Waals surface area (Å²) in [4.78, 5) is 10.9. The molecule has 4 nitrogen and oxygen atoms in total. The number of rotatable bonds is 7. The van der Waals surface area contributed by atoms with Gasteiger partial charge in [0.05, 0.1) is 5.56 Å². The van der Waals surface area contributed by atoms with Crippen molar-refractivity contribution in [1.29, 1.82) is 0 Å². The molecule has 0 aliphatic heterocycles. The first-order valence-corrected chi connectivity index (χ1v) is 8.93. The average molecular weight is 382 g/mol. The molecule has 0 bridgehead atoms. The molecule has 0 unspecified atom stereocenters. The number of aromatic carboxylic acids is 1. The van der Waals surface area contributed by atoms with Crippen molar-refractivity contribution >= 4 is 23.3 Å². The topological polar surface area (TPSA) is 58.6 Å². The average Bonchev–Trinajstić information content (AvgIpc) is 2.66. The van der Waals surface area contributed by atoms with Gasteiger partial charge in [-0.05, 0) is 55.0 Å². The van der Waals surface area contributed by atoms with Crippen molar-refractivity contribution in [3.63, 3.8) is 0 Å². The third-order valence-corrected chi connectivity index (χ3v) is 4.35. The zero-order chi connectivity index (χ0) is 19.2. The van der Waals surface area contributed by atoms with Gasteiger partial charge in [-0.2, -0.15) is 0 Å².